The fourth-order valence-corrected chi connectivity index (χ4v) is 2.67. The zero-order chi connectivity index (χ0) is 16.1. The molecule has 4 nitrogen and oxygen atoms in total. The highest BCUT2D eigenvalue weighted by Crippen LogP contribution is 2.32. The molecule has 1 N–H and O–H groups in total. The SMILES string of the molecule is CCS(=O)(=O)CCCC(O)c1ccccc1OC(F)(F)F. The molecule has 0 aromatic heterocycles. The predicted molar refractivity (Wildman–Crippen MR) is 71.6 cm³/mol. The summed E-state index contributed by atoms with van der Waals surface area (Å²) in [5.41, 5.74) is -0.0104. The van der Waals surface area contributed by atoms with Gasteiger partial charge in [-0.25, -0.2) is 8.42 Å². The van der Waals surface area contributed by atoms with Crippen LogP contribution in [0, 0.1) is 0 Å². The maximum atomic E-state index is 12.3. The van der Waals surface area contributed by atoms with Crippen LogP contribution in [0.4, 0.5) is 13.2 Å². The van der Waals surface area contributed by atoms with Crippen molar-refractivity contribution in [3.63, 3.8) is 0 Å². The van der Waals surface area contributed by atoms with Crippen molar-refractivity contribution < 1.29 is 31.4 Å². The third-order valence-electron chi connectivity index (χ3n) is 2.88. The van der Waals surface area contributed by atoms with E-state index in [1.165, 1.54) is 25.1 Å². The Kier molecular flexibility index (Phi) is 6.03. The second-order valence-electron chi connectivity index (χ2n) is 4.48. The van der Waals surface area contributed by atoms with E-state index in [9.17, 15) is 26.7 Å². The van der Waals surface area contributed by atoms with Crippen molar-refractivity contribution in [2.24, 2.45) is 0 Å². The third kappa shape index (κ3) is 6.34. The Bertz CT molecular complexity index is 555. The molecule has 0 aliphatic rings. The fourth-order valence-electron chi connectivity index (χ4n) is 1.77. The number of alkyl halides is 3. The average molecular weight is 326 g/mol. The zero-order valence-corrected chi connectivity index (χ0v) is 12.2. The predicted octanol–water partition coefficient (Wildman–Crippen LogP) is 2.83. The van der Waals surface area contributed by atoms with E-state index in [-0.39, 0.29) is 29.9 Å². The first-order valence-electron chi connectivity index (χ1n) is 6.38. The molecule has 0 fully saturated rings. The Morgan fingerprint density at radius 3 is 2.48 bits per heavy atom. The first kappa shape index (κ1) is 17.8. The van der Waals surface area contributed by atoms with Gasteiger partial charge in [0.1, 0.15) is 15.6 Å². The van der Waals surface area contributed by atoms with E-state index in [0.717, 1.165) is 6.07 Å². The summed E-state index contributed by atoms with van der Waals surface area (Å²) in [6.07, 6.45) is -5.85. The second kappa shape index (κ2) is 7.13. The number of para-hydroxylation sites is 1. The first-order valence-corrected chi connectivity index (χ1v) is 8.20. The zero-order valence-electron chi connectivity index (χ0n) is 11.4. The van der Waals surface area contributed by atoms with E-state index in [1.807, 2.05) is 0 Å². The van der Waals surface area contributed by atoms with E-state index < -0.39 is 28.1 Å². The molecule has 0 radical (unpaired) electrons. The van der Waals surface area contributed by atoms with Gasteiger partial charge < -0.3 is 9.84 Å². The lowest BCUT2D eigenvalue weighted by Crippen LogP contribution is -2.19. The smallest absolute Gasteiger partial charge is 0.405 e. The van der Waals surface area contributed by atoms with Gasteiger partial charge in [0, 0.05) is 11.3 Å². The molecule has 120 valence electrons. The molecule has 0 heterocycles. The van der Waals surface area contributed by atoms with Crippen LogP contribution in [0.1, 0.15) is 31.4 Å². The number of rotatable bonds is 7. The van der Waals surface area contributed by atoms with E-state index in [1.54, 1.807) is 0 Å². The highest BCUT2D eigenvalue weighted by molar-refractivity contribution is 7.91. The van der Waals surface area contributed by atoms with Crippen LogP contribution in [0.2, 0.25) is 0 Å². The molecule has 1 atom stereocenters. The largest absolute Gasteiger partial charge is 0.573 e. The van der Waals surface area contributed by atoms with Crippen LogP contribution in [0.3, 0.4) is 0 Å². The molecule has 1 rings (SSSR count). The van der Waals surface area contributed by atoms with Gasteiger partial charge in [-0.3, -0.25) is 0 Å². The van der Waals surface area contributed by atoms with Gasteiger partial charge in [0.05, 0.1) is 11.9 Å². The molecule has 0 saturated carbocycles. The lowest BCUT2D eigenvalue weighted by molar-refractivity contribution is -0.275. The molecule has 0 bridgehead atoms. The Morgan fingerprint density at radius 1 is 1.29 bits per heavy atom. The number of sulfone groups is 1. The van der Waals surface area contributed by atoms with Crippen molar-refractivity contribution in [2.45, 2.75) is 32.2 Å². The van der Waals surface area contributed by atoms with Gasteiger partial charge in [0.15, 0.2) is 0 Å². The lowest BCUT2D eigenvalue weighted by atomic mass is 10.0. The van der Waals surface area contributed by atoms with Crippen molar-refractivity contribution in [3.8, 4) is 5.75 Å². The van der Waals surface area contributed by atoms with Gasteiger partial charge in [0.2, 0.25) is 0 Å². The molecule has 0 aliphatic carbocycles. The van der Waals surface area contributed by atoms with Crippen LogP contribution < -0.4 is 4.74 Å². The minimum atomic E-state index is -4.85. The van der Waals surface area contributed by atoms with Crippen LogP contribution >= 0.6 is 0 Å². The van der Waals surface area contributed by atoms with Crippen molar-refractivity contribution in [1.29, 1.82) is 0 Å². The standard InChI is InChI=1S/C13H17F3O4S/c1-2-21(18,19)9-5-7-11(17)10-6-3-4-8-12(10)20-13(14,15)16/h3-4,6,8,11,17H,2,5,7,9H2,1H3. The van der Waals surface area contributed by atoms with Crippen LogP contribution in [-0.4, -0.2) is 31.4 Å². The highest BCUT2D eigenvalue weighted by Gasteiger charge is 2.32. The van der Waals surface area contributed by atoms with Gasteiger partial charge in [-0.15, -0.1) is 13.2 Å². The van der Waals surface area contributed by atoms with E-state index in [2.05, 4.69) is 4.74 Å². The maximum absolute atomic E-state index is 12.3. The number of aliphatic hydroxyl groups is 1. The van der Waals surface area contributed by atoms with Crippen LogP contribution in [0.15, 0.2) is 24.3 Å². The first-order chi connectivity index (χ1) is 9.64. The van der Waals surface area contributed by atoms with Crippen LogP contribution in [0.25, 0.3) is 0 Å². The maximum Gasteiger partial charge on any atom is 0.573 e. The Morgan fingerprint density at radius 2 is 1.90 bits per heavy atom. The number of ether oxygens (including phenoxy) is 1. The van der Waals surface area contributed by atoms with E-state index in [4.69, 9.17) is 0 Å². The monoisotopic (exact) mass is 326 g/mol. The minimum absolute atomic E-state index is 0.00311. The molecule has 0 saturated heterocycles. The van der Waals surface area contributed by atoms with Crippen molar-refractivity contribution in [3.05, 3.63) is 29.8 Å². The molecule has 0 aliphatic heterocycles. The van der Waals surface area contributed by atoms with Gasteiger partial charge in [-0.1, -0.05) is 25.1 Å². The van der Waals surface area contributed by atoms with Crippen molar-refractivity contribution >= 4 is 9.84 Å². The number of aliphatic hydroxyl groups excluding tert-OH is 1. The molecule has 1 aromatic rings. The number of halogens is 3. The van der Waals surface area contributed by atoms with Crippen LogP contribution in [-0.2, 0) is 9.84 Å². The number of hydrogen-bond acceptors (Lipinski definition) is 4. The molecular formula is C13H17F3O4S. The van der Waals surface area contributed by atoms with Crippen molar-refractivity contribution in [2.75, 3.05) is 11.5 Å². The Balaban J connectivity index is 2.72. The number of hydrogen-bond donors (Lipinski definition) is 1. The van der Waals surface area contributed by atoms with E-state index in [0.29, 0.717) is 0 Å². The Labute approximate surface area is 121 Å². The molecule has 0 amide bonds. The summed E-state index contributed by atoms with van der Waals surface area (Å²) in [6, 6.07) is 5.26. The molecule has 1 aromatic carbocycles. The summed E-state index contributed by atoms with van der Waals surface area (Å²) in [7, 11) is -3.16. The summed E-state index contributed by atoms with van der Waals surface area (Å²) >= 11 is 0. The fraction of sp³-hybridized carbons (Fsp3) is 0.538. The van der Waals surface area contributed by atoms with Crippen molar-refractivity contribution in [1.82, 2.24) is 0 Å². The molecule has 1 unspecified atom stereocenters. The summed E-state index contributed by atoms with van der Waals surface area (Å²) in [5.74, 6) is -0.587. The molecule has 21 heavy (non-hydrogen) atoms. The van der Waals surface area contributed by atoms with Gasteiger partial charge in [-0.05, 0) is 18.9 Å². The van der Waals surface area contributed by atoms with Crippen LogP contribution in [0.5, 0.6) is 5.75 Å². The second-order valence-corrected chi connectivity index (χ2v) is 6.95. The Hall–Kier alpha value is -1.28. The van der Waals surface area contributed by atoms with Gasteiger partial charge in [-0.2, -0.15) is 0 Å². The lowest BCUT2D eigenvalue weighted by Gasteiger charge is -2.17. The third-order valence-corrected chi connectivity index (χ3v) is 4.67. The summed E-state index contributed by atoms with van der Waals surface area (Å²) in [5, 5.41) is 9.93. The molecule has 8 heteroatoms. The normalized spacial score (nSPS) is 14.0. The highest BCUT2D eigenvalue weighted by atomic mass is 32.2. The quantitative estimate of drug-likeness (QED) is 0.837. The average Bonchev–Trinajstić information content (AvgIpc) is 2.37. The van der Waals surface area contributed by atoms with Gasteiger partial charge in [0.25, 0.3) is 0 Å². The summed E-state index contributed by atoms with van der Waals surface area (Å²) in [4.78, 5) is 0. The molecule has 0 spiro atoms. The molecular weight excluding hydrogens is 309 g/mol. The topological polar surface area (TPSA) is 63.6 Å². The minimum Gasteiger partial charge on any atom is -0.405 e. The van der Waals surface area contributed by atoms with E-state index >= 15 is 0 Å². The summed E-state index contributed by atoms with van der Waals surface area (Å²) < 4.78 is 63.2. The van der Waals surface area contributed by atoms with Gasteiger partial charge >= 0.3 is 6.36 Å². The summed E-state index contributed by atoms with van der Waals surface area (Å²) in [6.45, 7) is 1.51. The number of benzene rings is 1.